The third-order valence-corrected chi connectivity index (χ3v) is 5.33. The Kier molecular flexibility index (Phi) is 4.40. The molecule has 0 unspecified atom stereocenters. The molecule has 23 heavy (non-hydrogen) atoms. The lowest BCUT2D eigenvalue weighted by atomic mass is 9.99. The van der Waals surface area contributed by atoms with E-state index < -0.39 is 0 Å². The van der Waals surface area contributed by atoms with E-state index >= 15 is 0 Å². The first-order valence-electron chi connectivity index (χ1n) is 8.79. The number of benzene rings is 1. The van der Waals surface area contributed by atoms with E-state index in [2.05, 4.69) is 51.2 Å². The lowest BCUT2D eigenvalue weighted by Crippen LogP contribution is -2.56. The third kappa shape index (κ3) is 3.46. The summed E-state index contributed by atoms with van der Waals surface area (Å²) in [6.07, 6.45) is 7.75. The van der Waals surface area contributed by atoms with Gasteiger partial charge in [-0.15, -0.1) is 0 Å². The van der Waals surface area contributed by atoms with Crippen LogP contribution in [0.2, 0.25) is 0 Å². The SMILES string of the molecule is c1ccc(C[C@H]2CN3CCC[C@H]3CN2Cc2cccnc2)cc1. The topological polar surface area (TPSA) is 19.4 Å². The minimum atomic E-state index is 0.604. The molecule has 2 fully saturated rings. The summed E-state index contributed by atoms with van der Waals surface area (Å²) in [5.74, 6) is 0. The Morgan fingerprint density at radius 2 is 1.87 bits per heavy atom. The van der Waals surface area contributed by atoms with Crippen LogP contribution in [0.3, 0.4) is 0 Å². The Morgan fingerprint density at radius 1 is 1.00 bits per heavy atom. The predicted molar refractivity (Wildman–Crippen MR) is 93.2 cm³/mol. The summed E-state index contributed by atoms with van der Waals surface area (Å²) in [5.41, 5.74) is 2.78. The first kappa shape index (κ1) is 14.9. The maximum absolute atomic E-state index is 4.29. The lowest BCUT2D eigenvalue weighted by Gasteiger charge is -2.44. The van der Waals surface area contributed by atoms with Crippen LogP contribution < -0.4 is 0 Å². The normalized spacial score (nSPS) is 25.4. The van der Waals surface area contributed by atoms with E-state index in [0.29, 0.717) is 6.04 Å². The predicted octanol–water partition coefficient (Wildman–Crippen LogP) is 2.97. The summed E-state index contributed by atoms with van der Waals surface area (Å²) >= 11 is 0. The lowest BCUT2D eigenvalue weighted by molar-refractivity contribution is 0.0455. The molecule has 3 nitrogen and oxygen atoms in total. The molecule has 2 aromatic rings. The number of fused-ring (bicyclic) bond motifs is 1. The van der Waals surface area contributed by atoms with Crippen molar-refractivity contribution in [2.24, 2.45) is 0 Å². The van der Waals surface area contributed by atoms with Crippen LogP contribution in [-0.4, -0.2) is 46.5 Å². The number of pyridine rings is 1. The first-order valence-corrected chi connectivity index (χ1v) is 8.79. The minimum absolute atomic E-state index is 0.604. The highest BCUT2D eigenvalue weighted by atomic mass is 15.3. The Balaban J connectivity index is 1.52. The highest BCUT2D eigenvalue weighted by Crippen LogP contribution is 2.27. The third-order valence-electron chi connectivity index (χ3n) is 5.33. The molecule has 1 aromatic heterocycles. The molecule has 0 saturated carbocycles. The minimum Gasteiger partial charge on any atom is -0.298 e. The van der Waals surface area contributed by atoms with E-state index in [4.69, 9.17) is 0 Å². The molecule has 0 amide bonds. The fourth-order valence-electron chi connectivity index (χ4n) is 4.15. The van der Waals surface area contributed by atoms with Crippen LogP contribution in [0.15, 0.2) is 54.9 Å². The number of hydrogen-bond donors (Lipinski definition) is 0. The number of hydrogen-bond acceptors (Lipinski definition) is 3. The quantitative estimate of drug-likeness (QED) is 0.866. The Bertz CT molecular complexity index is 558. The Hall–Kier alpha value is -1.71. The second-order valence-electron chi connectivity index (χ2n) is 6.93. The van der Waals surface area contributed by atoms with Crippen molar-refractivity contribution in [3.05, 3.63) is 66.0 Å². The summed E-state index contributed by atoms with van der Waals surface area (Å²) in [5, 5.41) is 0. The second-order valence-corrected chi connectivity index (χ2v) is 6.93. The number of rotatable bonds is 4. The van der Waals surface area contributed by atoms with E-state index in [1.807, 2.05) is 18.5 Å². The van der Waals surface area contributed by atoms with Gasteiger partial charge in [0.2, 0.25) is 0 Å². The molecular weight excluding hydrogens is 282 g/mol. The van der Waals surface area contributed by atoms with E-state index in [1.165, 1.54) is 43.6 Å². The molecule has 2 atom stereocenters. The monoisotopic (exact) mass is 307 g/mol. The van der Waals surface area contributed by atoms with Gasteiger partial charge >= 0.3 is 0 Å². The van der Waals surface area contributed by atoms with Gasteiger partial charge in [-0.2, -0.15) is 0 Å². The molecule has 3 heterocycles. The summed E-state index contributed by atoms with van der Waals surface area (Å²) in [4.78, 5) is 9.70. The Labute approximate surface area is 139 Å². The van der Waals surface area contributed by atoms with Crippen LogP contribution >= 0.6 is 0 Å². The number of nitrogens with zero attached hydrogens (tertiary/aromatic N) is 3. The highest BCUT2D eigenvalue weighted by molar-refractivity contribution is 5.17. The van der Waals surface area contributed by atoms with E-state index in [-0.39, 0.29) is 0 Å². The van der Waals surface area contributed by atoms with Crippen LogP contribution in [0.1, 0.15) is 24.0 Å². The number of aromatic nitrogens is 1. The van der Waals surface area contributed by atoms with E-state index in [9.17, 15) is 0 Å². The fraction of sp³-hybridized carbons (Fsp3) is 0.450. The van der Waals surface area contributed by atoms with Gasteiger partial charge in [-0.25, -0.2) is 0 Å². The molecule has 2 saturated heterocycles. The van der Waals surface area contributed by atoms with Gasteiger partial charge in [-0.3, -0.25) is 14.8 Å². The molecule has 3 heteroatoms. The highest BCUT2D eigenvalue weighted by Gasteiger charge is 2.36. The first-order chi connectivity index (χ1) is 11.4. The van der Waals surface area contributed by atoms with Gasteiger partial charge in [0.25, 0.3) is 0 Å². The van der Waals surface area contributed by atoms with Crippen molar-refractivity contribution >= 4 is 0 Å². The van der Waals surface area contributed by atoms with E-state index in [1.54, 1.807) is 0 Å². The standard InChI is InChI=1S/C20H25N3/c1-2-6-17(7-3-1)12-20-16-22-11-5-9-19(22)15-23(20)14-18-8-4-10-21-13-18/h1-4,6-8,10,13,19-20H,5,9,11-12,14-16H2/t19-,20-/m0/s1. The van der Waals surface area contributed by atoms with Gasteiger partial charge in [0, 0.05) is 44.1 Å². The fourth-order valence-corrected chi connectivity index (χ4v) is 4.15. The van der Waals surface area contributed by atoms with Gasteiger partial charge in [0.1, 0.15) is 0 Å². The van der Waals surface area contributed by atoms with Crippen LogP contribution in [0.5, 0.6) is 0 Å². The maximum Gasteiger partial charge on any atom is 0.0312 e. The average molecular weight is 307 g/mol. The van der Waals surface area contributed by atoms with Crippen LogP contribution in [-0.2, 0) is 13.0 Å². The molecule has 0 N–H and O–H groups in total. The van der Waals surface area contributed by atoms with E-state index in [0.717, 1.165) is 19.0 Å². The Morgan fingerprint density at radius 3 is 2.70 bits per heavy atom. The van der Waals surface area contributed by atoms with Crippen molar-refractivity contribution < 1.29 is 0 Å². The largest absolute Gasteiger partial charge is 0.298 e. The van der Waals surface area contributed by atoms with Gasteiger partial charge < -0.3 is 0 Å². The maximum atomic E-state index is 4.29. The van der Waals surface area contributed by atoms with Gasteiger partial charge in [0.05, 0.1) is 0 Å². The summed E-state index contributed by atoms with van der Waals surface area (Å²) in [7, 11) is 0. The molecule has 4 rings (SSSR count). The van der Waals surface area contributed by atoms with Gasteiger partial charge in [0.15, 0.2) is 0 Å². The zero-order valence-corrected chi connectivity index (χ0v) is 13.6. The van der Waals surface area contributed by atoms with Gasteiger partial charge in [-0.1, -0.05) is 36.4 Å². The molecule has 1 aromatic carbocycles. The molecule has 120 valence electrons. The molecule has 2 aliphatic heterocycles. The molecular formula is C20H25N3. The average Bonchev–Trinajstić information content (AvgIpc) is 3.04. The second kappa shape index (κ2) is 6.81. The van der Waals surface area contributed by atoms with Crippen LogP contribution in [0, 0.1) is 0 Å². The van der Waals surface area contributed by atoms with Crippen molar-refractivity contribution in [2.75, 3.05) is 19.6 Å². The van der Waals surface area contributed by atoms with Crippen LogP contribution in [0.25, 0.3) is 0 Å². The van der Waals surface area contributed by atoms with Crippen molar-refractivity contribution in [1.29, 1.82) is 0 Å². The molecule has 0 spiro atoms. The summed E-state index contributed by atoms with van der Waals surface area (Å²) in [6.45, 7) is 4.72. The zero-order valence-electron chi connectivity index (χ0n) is 13.6. The van der Waals surface area contributed by atoms with Crippen molar-refractivity contribution in [3.63, 3.8) is 0 Å². The van der Waals surface area contributed by atoms with Crippen LogP contribution in [0.4, 0.5) is 0 Å². The zero-order chi connectivity index (χ0) is 15.5. The molecule has 2 aliphatic rings. The summed E-state index contributed by atoms with van der Waals surface area (Å²) in [6, 6.07) is 16.6. The smallest absolute Gasteiger partial charge is 0.0312 e. The van der Waals surface area contributed by atoms with Crippen molar-refractivity contribution in [2.45, 2.75) is 37.9 Å². The molecule has 0 aliphatic carbocycles. The van der Waals surface area contributed by atoms with Crippen molar-refractivity contribution in [1.82, 2.24) is 14.8 Å². The van der Waals surface area contributed by atoms with Gasteiger partial charge in [-0.05, 0) is 43.0 Å². The molecule has 0 bridgehead atoms. The number of piperazine rings is 1. The van der Waals surface area contributed by atoms with Crippen molar-refractivity contribution in [3.8, 4) is 0 Å². The summed E-state index contributed by atoms with van der Waals surface area (Å²) < 4.78 is 0. The molecule has 0 radical (unpaired) electrons.